The van der Waals surface area contributed by atoms with Crippen molar-refractivity contribution >= 4 is 22.6 Å². The molecule has 5 atom stereocenters. The van der Waals surface area contributed by atoms with Gasteiger partial charge in [-0.3, -0.25) is 4.79 Å². The summed E-state index contributed by atoms with van der Waals surface area (Å²) in [4.78, 5) is 26.0. The molecule has 8 heteroatoms. The van der Waals surface area contributed by atoms with Crippen LogP contribution < -0.4 is 16.1 Å². The summed E-state index contributed by atoms with van der Waals surface area (Å²) in [6.45, 7) is 1.25. The fourth-order valence-corrected chi connectivity index (χ4v) is 4.83. The van der Waals surface area contributed by atoms with E-state index >= 15 is 4.39 Å². The van der Waals surface area contributed by atoms with Gasteiger partial charge < -0.3 is 20.3 Å². The average molecular weight is 401 g/mol. The Morgan fingerprint density at radius 1 is 1.28 bits per heavy atom. The summed E-state index contributed by atoms with van der Waals surface area (Å²) in [6.07, 6.45) is 5.02. The Balaban J connectivity index is 1.64. The van der Waals surface area contributed by atoms with Crippen molar-refractivity contribution in [1.29, 1.82) is 0 Å². The summed E-state index contributed by atoms with van der Waals surface area (Å²) in [5.41, 5.74) is 5.27. The van der Waals surface area contributed by atoms with E-state index in [0.29, 0.717) is 24.7 Å². The van der Waals surface area contributed by atoms with Crippen molar-refractivity contribution in [1.82, 2.24) is 4.57 Å². The third-order valence-corrected chi connectivity index (χ3v) is 6.50. The van der Waals surface area contributed by atoms with Gasteiger partial charge in [-0.1, -0.05) is 12.2 Å². The first-order valence-electron chi connectivity index (χ1n) is 9.78. The van der Waals surface area contributed by atoms with Crippen molar-refractivity contribution < 1.29 is 18.7 Å². The first kappa shape index (κ1) is 18.3. The number of alkyl halides is 1. The second-order valence-corrected chi connectivity index (χ2v) is 8.27. The Labute approximate surface area is 165 Å². The van der Waals surface area contributed by atoms with Crippen molar-refractivity contribution in [3.8, 4) is 0 Å². The van der Waals surface area contributed by atoms with Crippen LogP contribution in [0.2, 0.25) is 0 Å². The number of nitrogens with two attached hydrogens (primary N) is 1. The molecule has 2 aliphatic carbocycles. The van der Waals surface area contributed by atoms with Crippen molar-refractivity contribution in [2.45, 2.75) is 31.1 Å². The number of carbonyl (C=O) groups is 1. The fourth-order valence-electron chi connectivity index (χ4n) is 4.83. The SMILES string of the molecule is NC1C=CCC2CN(c3ccc4c(=O)c(C(=O)O)cn(C5CC5F)c4c3F)CC12. The number of allylic oxidation sites excluding steroid dienone is 1. The van der Waals surface area contributed by atoms with Crippen LogP contribution in [0.15, 0.2) is 35.3 Å². The van der Waals surface area contributed by atoms with Gasteiger partial charge in [0.2, 0.25) is 5.43 Å². The molecule has 5 unspecified atom stereocenters. The molecule has 2 aromatic rings. The van der Waals surface area contributed by atoms with Crippen LogP contribution >= 0.6 is 0 Å². The lowest BCUT2D eigenvalue weighted by Crippen LogP contribution is -2.35. The molecule has 29 heavy (non-hydrogen) atoms. The topological polar surface area (TPSA) is 88.6 Å². The second kappa shape index (κ2) is 6.38. The Kier molecular flexibility index (Phi) is 4.03. The molecule has 1 saturated heterocycles. The zero-order valence-electron chi connectivity index (χ0n) is 15.6. The number of aromatic carboxylic acids is 1. The molecule has 6 nitrogen and oxygen atoms in total. The fraction of sp³-hybridized carbons (Fsp3) is 0.429. The Bertz CT molecular complexity index is 1110. The number of pyridine rings is 1. The summed E-state index contributed by atoms with van der Waals surface area (Å²) in [5.74, 6) is -1.46. The van der Waals surface area contributed by atoms with Crippen LogP contribution in [-0.4, -0.2) is 40.9 Å². The van der Waals surface area contributed by atoms with E-state index < -0.39 is 35.0 Å². The van der Waals surface area contributed by atoms with Gasteiger partial charge in [0.15, 0.2) is 5.82 Å². The highest BCUT2D eigenvalue weighted by Crippen LogP contribution is 2.42. The van der Waals surface area contributed by atoms with Crippen LogP contribution in [0.25, 0.3) is 10.9 Å². The van der Waals surface area contributed by atoms with Crippen LogP contribution in [-0.2, 0) is 0 Å². The summed E-state index contributed by atoms with van der Waals surface area (Å²) in [6, 6.07) is 2.25. The molecule has 1 aromatic carbocycles. The summed E-state index contributed by atoms with van der Waals surface area (Å²) in [5, 5.41) is 9.29. The molecule has 0 spiro atoms. The van der Waals surface area contributed by atoms with Gasteiger partial charge >= 0.3 is 5.97 Å². The van der Waals surface area contributed by atoms with Crippen LogP contribution in [0, 0.1) is 17.7 Å². The molecular formula is C21H21F2N3O3. The lowest BCUT2D eigenvalue weighted by atomic mass is 9.83. The molecule has 0 radical (unpaired) electrons. The van der Waals surface area contributed by atoms with E-state index in [1.165, 1.54) is 16.7 Å². The van der Waals surface area contributed by atoms with E-state index in [0.717, 1.165) is 12.6 Å². The highest BCUT2D eigenvalue weighted by molar-refractivity contribution is 5.94. The molecule has 0 bridgehead atoms. The minimum absolute atomic E-state index is 0.0278. The third kappa shape index (κ3) is 2.77. The molecule has 1 aliphatic heterocycles. The van der Waals surface area contributed by atoms with E-state index in [4.69, 9.17) is 5.73 Å². The number of halogens is 2. The maximum absolute atomic E-state index is 15.7. The average Bonchev–Trinajstić information content (AvgIpc) is 3.23. The molecular weight excluding hydrogens is 380 g/mol. The molecule has 3 N–H and O–H groups in total. The number of anilines is 1. The van der Waals surface area contributed by atoms with Gasteiger partial charge in [0.25, 0.3) is 0 Å². The summed E-state index contributed by atoms with van der Waals surface area (Å²) >= 11 is 0. The zero-order chi connectivity index (χ0) is 20.4. The minimum Gasteiger partial charge on any atom is -0.477 e. The number of fused-ring (bicyclic) bond motifs is 2. The number of hydrogen-bond acceptors (Lipinski definition) is 4. The first-order chi connectivity index (χ1) is 13.9. The molecule has 2 fully saturated rings. The minimum atomic E-state index is -1.41. The van der Waals surface area contributed by atoms with E-state index in [-0.39, 0.29) is 29.3 Å². The number of benzene rings is 1. The number of hydrogen-bond donors (Lipinski definition) is 2. The lowest BCUT2D eigenvalue weighted by Gasteiger charge is -2.25. The van der Waals surface area contributed by atoms with Crippen LogP contribution in [0.1, 0.15) is 29.2 Å². The number of nitrogens with zero attached hydrogens (tertiary/aromatic N) is 2. The van der Waals surface area contributed by atoms with Crippen LogP contribution in [0.4, 0.5) is 14.5 Å². The van der Waals surface area contributed by atoms with E-state index in [1.54, 1.807) is 0 Å². The largest absolute Gasteiger partial charge is 0.477 e. The summed E-state index contributed by atoms with van der Waals surface area (Å²) in [7, 11) is 0. The quantitative estimate of drug-likeness (QED) is 0.772. The lowest BCUT2D eigenvalue weighted by molar-refractivity contribution is 0.0694. The van der Waals surface area contributed by atoms with E-state index in [2.05, 4.69) is 6.08 Å². The van der Waals surface area contributed by atoms with E-state index in [9.17, 15) is 19.1 Å². The monoisotopic (exact) mass is 401 g/mol. The normalized spacial score (nSPS) is 30.6. The van der Waals surface area contributed by atoms with Crippen molar-refractivity contribution in [2.75, 3.05) is 18.0 Å². The standard InChI is InChI=1S/C21H21F2N3O3/c22-14-6-17(14)26-9-13(21(28)29)20(27)11-4-5-16(18(23)19(11)26)25-7-10-2-1-3-15(24)12(10)8-25/h1,3-5,9-10,12,14-15,17H,2,6-8,24H2,(H,28,29). The Hall–Kier alpha value is -2.74. The molecule has 1 saturated carbocycles. The van der Waals surface area contributed by atoms with Gasteiger partial charge in [-0.05, 0) is 30.4 Å². The predicted molar refractivity (Wildman–Crippen MR) is 105 cm³/mol. The molecule has 2 heterocycles. The molecule has 1 aromatic heterocycles. The maximum atomic E-state index is 15.7. The van der Waals surface area contributed by atoms with Gasteiger partial charge in [0.1, 0.15) is 11.7 Å². The van der Waals surface area contributed by atoms with Gasteiger partial charge in [-0.15, -0.1) is 0 Å². The number of aromatic nitrogens is 1. The Morgan fingerprint density at radius 3 is 2.69 bits per heavy atom. The van der Waals surface area contributed by atoms with E-state index in [1.807, 2.05) is 11.0 Å². The highest BCUT2D eigenvalue weighted by Gasteiger charge is 2.42. The zero-order valence-corrected chi connectivity index (χ0v) is 15.6. The number of carboxylic acids is 1. The number of carboxylic acid groups (broad SMARTS) is 1. The molecule has 5 rings (SSSR count). The molecule has 3 aliphatic rings. The van der Waals surface area contributed by atoms with Gasteiger partial charge in [0.05, 0.1) is 17.2 Å². The highest BCUT2D eigenvalue weighted by atomic mass is 19.1. The van der Waals surface area contributed by atoms with Gasteiger partial charge in [0, 0.05) is 37.1 Å². The second-order valence-electron chi connectivity index (χ2n) is 8.27. The van der Waals surface area contributed by atoms with Crippen molar-refractivity contribution in [3.63, 3.8) is 0 Å². The molecule has 0 amide bonds. The third-order valence-electron chi connectivity index (χ3n) is 6.50. The molecule has 152 valence electrons. The van der Waals surface area contributed by atoms with Gasteiger partial charge in [-0.2, -0.15) is 0 Å². The Morgan fingerprint density at radius 2 is 2.03 bits per heavy atom. The van der Waals surface area contributed by atoms with Crippen molar-refractivity contribution in [3.05, 3.63) is 52.1 Å². The van der Waals surface area contributed by atoms with Crippen LogP contribution in [0.5, 0.6) is 0 Å². The number of rotatable bonds is 3. The maximum Gasteiger partial charge on any atom is 0.341 e. The summed E-state index contributed by atoms with van der Waals surface area (Å²) < 4.78 is 30.8. The predicted octanol–water partition coefficient (Wildman–Crippen LogP) is 2.46. The smallest absolute Gasteiger partial charge is 0.341 e. The van der Waals surface area contributed by atoms with Gasteiger partial charge in [-0.25, -0.2) is 13.6 Å². The van der Waals surface area contributed by atoms with Crippen LogP contribution in [0.3, 0.4) is 0 Å². The first-order valence-corrected chi connectivity index (χ1v) is 9.78. The van der Waals surface area contributed by atoms with Crippen molar-refractivity contribution in [2.24, 2.45) is 17.6 Å².